The molecule has 1 aliphatic carbocycles. The number of piperidine rings is 2. The highest BCUT2D eigenvalue weighted by molar-refractivity contribution is 5.97. The number of rotatable bonds is 7. The minimum absolute atomic E-state index is 0.0372. The lowest BCUT2D eigenvalue weighted by atomic mass is 9.79. The third-order valence-corrected chi connectivity index (χ3v) is 9.29. The Morgan fingerprint density at radius 2 is 1.44 bits per heavy atom. The average Bonchev–Trinajstić information content (AvgIpc) is 2.94. The first-order valence-corrected chi connectivity index (χ1v) is 15.5. The zero-order valence-corrected chi connectivity index (χ0v) is 23.6. The smallest absolute Gasteiger partial charge is 0.306 e. The van der Waals surface area contributed by atoms with Crippen LogP contribution in [0, 0.1) is 0 Å². The number of ether oxygens (including phenoxy) is 1. The summed E-state index contributed by atoms with van der Waals surface area (Å²) in [6.07, 6.45) is 17.5. The monoisotopic (exact) mass is 535 g/mol. The number of hydrogen-bond acceptors (Lipinski definition) is 6. The van der Waals surface area contributed by atoms with Crippen molar-refractivity contribution in [2.45, 2.75) is 134 Å². The van der Waals surface area contributed by atoms with Gasteiger partial charge < -0.3 is 9.30 Å². The van der Waals surface area contributed by atoms with Crippen molar-refractivity contribution in [3.63, 3.8) is 0 Å². The lowest BCUT2D eigenvalue weighted by molar-refractivity contribution is -0.143. The van der Waals surface area contributed by atoms with E-state index in [-0.39, 0.29) is 42.5 Å². The van der Waals surface area contributed by atoms with E-state index in [0.717, 1.165) is 18.4 Å². The molecule has 212 valence electrons. The minimum Gasteiger partial charge on any atom is -0.466 e. The molecule has 2 aliphatic heterocycles. The average molecular weight is 536 g/mol. The molecule has 2 bridgehead atoms. The molecule has 0 radical (unpaired) electrons. The van der Waals surface area contributed by atoms with Crippen molar-refractivity contribution >= 4 is 22.8 Å². The second kappa shape index (κ2) is 13.2. The standard InChI is InChI=1S/C32H45N3O4/c1-2-39-30(37)20-19-29(36)31-32(38)35(28-18-11-10-17-27(28)33-31)26-21-24-15-12-16-25(22-26)34(24)23-13-8-6-4-3-5-7-9-14-23/h10-11,17-18,23-26H,2-9,12-16,19-22H2,1H3/t24-,25+,26+. The van der Waals surface area contributed by atoms with Crippen LogP contribution in [0.4, 0.5) is 0 Å². The van der Waals surface area contributed by atoms with E-state index in [1.165, 1.54) is 77.0 Å². The number of hydrogen-bond donors (Lipinski definition) is 0. The van der Waals surface area contributed by atoms with Gasteiger partial charge in [0.2, 0.25) is 0 Å². The molecule has 0 unspecified atom stereocenters. The molecule has 3 heterocycles. The van der Waals surface area contributed by atoms with Crippen LogP contribution in [0.25, 0.3) is 11.0 Å². The number of para-hydroxylation sites is 2. The fourth-order valence-electron chi connectivity index (χ4n) is 7.55. The van der Waals surface area contributed by atoms with Crippen molar-refractivity contribution in [1.29, 1.82) is 0 Å². The lowest BCUT2D eigenvalue weighted by Crippen LogP contribution is -2.57. The number of esters is 1. The Kier molecular flexibility index (Phi) is 9.49. The highest BCUT2D eigenvalue weighted by Gasteiger charge is 2.42. The van der Waals surface area contributed by atoms with Crippen LogP contribution >= 0.6 is 0 Å². The molecule has 1 aromatic heterocycles. The molecule has 0 N–H and O–H groups in total. The van der Waals surface area contributed by atoms with Crippen molar-refractivity contribution in [1.82, 2.24) is 14.5 Å². The maximum Gasteiger partial charge on any atom is 0.306 e. The molecule has 5 rings (SSSR count). The first-order chi connectivity index (χ1) is 19.1. The number of benzene rings is 1. The number of fused-ring (bicyclic) bond motifs is 3. The third kappa shape index (κ3) is 6.45. The van der Waals surface area contributed by atoms with Crippen LogP contribution in [0.1, 0.15) is 126 Å². The molecule has 7 heteroatoms. The largest absolute Gasteiger partial charge is 0.466 e. The van der Waals surface area contributed by atoms with Crippen LogP contribution in [0.15, 0.2) is 29.1 Å². The highest BCUT2D eigenvalue weighted by atomic mass is 16.5. The Labute approximate surface area is 232 Å². The van der Waals surface area contributed by atoms with E-state index in [0.29, 0.717) is 23.6 Å². The summed E-state index contributed by atoms with van der Waals surface area (Å²) < 4.78 is 6.86. The molecule has 0 spiro atoms. The summed E-state index contributed by atoms with van der Waals surface area (Å²) in [5.41, 5.74) is 1.12. The second-order valence-corrected chi connectivity index (χ2v) is 11.9. The lowest BCUT2D eigenvalue weighted by Gasteiger charge is -2.53. The van der Waals surface area contributed by atoms with Gasteiger partial charge in [-0.15, -0.1) is 0 Å². The van der Waals surface area contributed by atoms with Gasteiger partial charge in [-0.25, -0.2) is 4.98 Å². The zero-order chi connectivity index (χ0) is 27.2. The second-order valence-electron chi connectivity index (χ2n) is 11.9. The summed E-state index contributed by atoms with van der Waals surface area (Å²) in [6.45, 7) is 2.01. The van der Waals surface area contributed by atoms with E-state index in [9.17, 15) is 14.4 Å². The normalized spacial score (nSPS) is 25.3. The van der Waals surface area contributed by atoms with Crippen molar-refractivity contribution < 1.29 is 14.3 Å². The fourth-order valence-corrected chi connectivity index (χ4v) is 7.55. The predicted molar refractivity (Wildman–Crippen MR) is 153 cm³/mol. The first kappa shape index (κ1) is 28.0. The number of carbonyl (C=O) groups excluding carboxylic acids is 2. The number of ketones is 1. The molecule has 3 aliphatic rings. The molecule has 7 nitrogen and oxygen atoms in total. The Hall–Kier alpha value is -2.54. The van der Waals surface area contributed by atoms with E-state index in [1.54, 1.807) is 6.92 Å². The number of aromatic nitrogens is 2. The maximum absolute atomic E-state index is 13.9. The maximum atomic E-state index is 13.9. The van der Waals surface area contributed by atoms with Crippen LogP contribution in [-0.2, 0) is 9.53 Å². The quantitative estimate of drug-likeness (QED) is 0.303. The number of Topliss-reactive ketones (excluding diaryl/α,β-unsaturated/α-hetero) is 1. The molecule has 1 aromatic carbocycles. The number of carbonyl (C=O) groups is 2. The topological polar surface area (TPSA) is 81.5 Å². The molecule has 2 saturated heterocycles. The minimum atomic E-state index is -0.423. The summed E-state index contributed by atoms with van der Waals surface area (Å²) in [5.74, 6) is -0.806. The van der Waals surface area contributed by atoms with Gasteiger partial charge in [-0.3, -0.25) is 19.3 Å². The van der Waals surface area contributed by atoms with E-state index >= 15 is 0 Å². The molecule has 39 heavy (non-hydrogen) atoms. The van der Waals surface area contributed by atoms with Gasteiger partial charge in [-0.1, -0.05) is 63.5 Å². The Morgan fingerprint density at radius 3 is 2.10 bits per heavy atom. The molecular formula is C32H45N3O4. The van der Waals surface area contributed by atoms with Crippen molar-refractivity contribution in [3.8, 4) is 0 Å². The van der Waals surface area contributed by atoms with E-state index in [4.69, 9.17) is 4.74 Å². The summed E-state index contributed by atoms with van der Waals surface area (Å²) in [6, 6.07) is 9.35. The van der Waals surface area contributed by atoms with E-state index in [1.807, 2.05) is 28.8 Å². The molecule has 2 aromatic rings. The molecule has 3 atom stereocenters. The van der Waals surface area contributed by atoms with Gasteiger partial charge in [-0.05, 0) is 57.6 Å². The summed E-state index contributed by atoms with van der Waals surface area (Å²) in [5, 5.41) is 0. The van der Waals surface area contributed by atoms with Crippen LogP contribution < -0.4 is 5.56 Å². The first-order valence-electron chi connectivity index (χ1n) is 15.5. The van der Waals surface area contributed by atoms with Gasteiger partial charge in [0, 0.05) is 30.6 Å². The van der Waals surface area contributed by atoms with Crippen molar-refractivity contribution in [2.24, 2.45) is 0 Å². The SMILES string of the molecule is CCOC(=O)CCC(=O)c1nc2ccccc2n([C@H]2C[C@H]3CCC[C@@H](C2)N3C2CCCCCCCCC2)c1=O. The molecule has 1 saturated carbocycles. The third-order valence-electron chi connectivity index (χ3n) is 9.29. The summed E-state index contributed by atoms with van der Waals surface area (Å²) in [7, 11) is 0. The van der Waals surface area contributed by atoms with Crippen molar-refractivity contribution in [3.05, 3.63) is 40.3 Å². The molecule has 0 amide bonds. The van der Waals surface area contributed by atoms with E-state index in [2.05, 4.69) is 9.88 Å². The van der Waals surface area contributed by atoms with Crippen LogP contribution in [-0.4, -0.2) is 50.9 Å². The zero-order valence-electron chi connectivity index (χ0n) is 23.6. The van der Waals surface area contributed by atoms with Crippen LogP contribution in [0.5, 0.6) is 0 Å². The molecular weight excluding hydrogens is 490 g/mol. The van der Waals surface area contributed by atoms with Gasteiger partial charge in [0.1, 0.15) is 0 Å². The Morgan fingerprint density at radius 1 is 0.821 bits per heavy atom. The Bertz CT molecular complexity index is 1180. The van der Waals surface area contributed by atoms with Gasteiger partial charge in [0.25, 0.3) is 5.56 Å². The number of nitrogens with zero attached hydrogens (tertiary/aromatic N) is 3. The van der Waals surface area contributed by atoms with Gasteiger partial charge in [-0.2, -0.15) is 0 Å². The predicted octanol–water partition coefficient (Wildman–Crippen LogP) is 6.37. The fraction of sp³-hybridized carbons (Fsp3) is 0.688. The molecule has 3 fully saturated rings. The summed E-state index contributed by atoms with van der Waals surface area (Å²) >= 11 is 0. The highest BCUT2D eigenvalue weighted by Crippen LogP contribution is 2.42. The van der Waals surface area contributed by atoms with Gasteiger partial charge in [0.15, 0.2) is 11.5 Å². The van der Waals surface area contributed by atoms with Crippen LogP contribution in [0.2, 0.25) is 0 Å². The summed E-state index contributed by atoms with van der Waals surface area (Å²) in [4.78, 5) is 46.3. The van der Waals surface area contributed by atoms with Crippen molar-refractivity contribution in [2.75, 3.05) is 6.61 Å². The van der Waals surface area contributed by atoms with Crippen LogP contribution in [0.3, 0.4) is 0 Å². The van der Waals surface area contributed by atoms with Gasteiger partial charge >= 0.3 is 5.97 Å². The van der Waals surface area contributed by atoms with E-state index < -0.39 is 5.97 Å². The Balaban J connectivity index is 1.42. The van der Waals surface area contributed by atoms with Gasteiger partial charge in [0.05, 0.1) is 24.1 Å².